The largest absolute Gasteiger partial charge is 0.477 e. The van der Waals surface area contributed by atoms with Crippen LogP contribution in [0.25, 0.3) is 0 Å². The molecular formula is C12H16ClNO4. The molecule has 0 aliphatic carbocycles. The van der Waals surface area contributed by atoms with Crippen molar-refractivity contribution < 1.29 is 19.4 Å². The van der Waals surface area contributed by atoms with Gasteiger partial charge in [0.25, 0.3) is 0 Å². The first kappa shape index (κ1) is 14.6. The van der Waals surface area contributed by atoms with Gasteiger partial charge in [0.2, 0.25) is 0 Å². The standard InChI is InChI=1S/C12H16ClNO4/c1-7(2)4-10(12(17)18-3)14-6-8(13)5-9(14)11(15)16/h5-7,10H,4H2,1-3H3,(H,15,16). The Morgan fingerprint density at radius 3 is 2.56 bits per heavy atom. The van der Waals surface area contributed by atoms with Crippen molar-refractivity contribution in [2.45, 2.75) is 26.3 Å². The number of aromatic carboxylic acids is 1. The molecular weight excluding hydrogens is 258 g/mol. The van der Waals surface area contributed by atoms with Crippen LogP contribution in [-0.2, 0) is 9.53 Å². The predicted molar refractivity (Wildman–Crippen MR) is 66.9 cm³/mol. The molecule has 18 heavy (non-hydrogen) atoms. The number of carboxylic acid groups (broad SMARTS) is 1. The van der Waals surface area contributed by atoms with E-state index < -0.39 is 18.0 Å². The first-order chi connectivity index (χ1) is 8.36. The van der Waals surface area contributed by atoms with E-state index >= 15 is 0 Å². The Labute approximate surface area is 110 Å². The van der Waals surface area contributed by atoms with Gasteiger partial charge in [-0.25, -0.2) is 9.59 Å². The van der Waals surface area contributed by atoms with Crippen molar-refractivity contribution >= 4 is 23.5 Å². The van der Waals surface area contributed by atoms with Crippen LogP contribution >= 0.6 is 11.6 Å². The lowest BCUT2D eigenvalue weighted by atomic mass is 10.0. The zero-order chi connectivity index (χ0) is 13.9. The van der Waals surface area contributed by atoms with Crippen LogP contribution in [-0.4, -0.2) is 28.7 Å². The number of hydrogen-bond acceptors (Lipinski definition) is 3. The highest BCUT2D eigenvalue weighted by Crippen LogP contribution is 2.25. The number of methoxy groups -OCH3 is 1. The molecule has 1 rings (SSSR count). The maximum Gasteiger partial charge on any atom is 0.352 e. The molecule has 6 heteroatoms. The summed E-state index contributed by atoms with van der Waals surface area (Å²) in [5.74, 6) is -1.38. The van der Waals surface area contributed by atoms with Gasteiger partial charge in [0.05, 0.1) is 12.1 Å². The summed E-state index contributed by atoms with van der Waals surface area (Å²) in [4.78, 5) is 22.9. The van der Waals surface area contributed by atoms with Gasteiger partial charge in [0.1, 0.15) is 11.7 Å². The fourth-order valence-corrected chi connectivity index (χ4v) is 1.99. The van der Waals surface area contributed by atoms with E-state index in [-0.39, 0.29) is 16.6 Å². The van der Waals surface area contributed by atoms with Crippen LogP contribution in [0.1, 0.15) is 36.8 Å². The van der Waals surface area contributed by atoms with Crippen LogP contribution in [0.3, 0.4) is 0 Å². The van der Waals surface area contributed by atoms with Crippen LogP contribution in [0, 0.1) is 5.92 Å². The van der Waals surface area contributed by atoms with E-state index in [4.69, 9.17) is 21.4 Å². The molecule has 1 aromatic heterocycles. The summed E-state index contributed by atoms with van der Waals surface area (Å²) in [6.07, 6.45) is 1.92. The first-order valence-corrected chi connectivity index (χ1v) is 5.93. The zero-order valence-corrected chi connectivity index (χ0v) is 11.3. The van der Waals surface area contributed by atoms with Gasteiger partial charge in [0.15, 0.2) is 0 Å². The van der Waals surface area contributed by atoms with E-state index in [9.17, 15) is 9.59 Å². The summed E-state index contributed by atoms with van der Waals surface area (Å²) in [6, 6.07) is 0.647. The van der Waals surface area contributed by atoms with Gasteiger partial charge in [-0.05, 0) is 18.4 Å². The van der Waals surface area contributed by atoms with Gasteiger partial charge in [-0.2, -0.15) is 0 Å². The smallest absolute Gasteiger partial charge is 0.352 e. The Hall–Kier alpha value is -1.49. The average molecular weight is 274 g/mol. The number of nitrogens with zero attached hydrogens (tertiary/aromatic N) is 1. The Morgan fingerprint density at radius 1 is 1.50 bits per heavy atom. The van der Waals surface area contributed by atoms with E-state index in [2.05, 4.69) is 0 Å². The number of esters is 1. The highest BCUT2D eigenvalue weighted by molar-refractivity contribution is 6.31. The first-order valence-electron chi connectivity index (χ1n) is 5.55. The molecule has 5 nitrogen and oxygen atoms in total. The highest BCUT2D eigenvalue weighted by atomic mass is 35.5. The monoisotopic (exact) mass is 273 g/mol. The van der Waals surface area contributed by atoms with E-state index in [0.717, 1.165) is 0 Å². The Bertz CT molecular complexity index is 453. The predicted octanol–water partition coefficient (Wildman–Crippen LogP) is 2.60. The SMILES string of the molecule is COC(=O)C(CC(C)C)n1cc(Cl)cc1C(=O)O. The molecule has 0 aromatic carbocycles. The zero-order valence-electron chi connectivity index (χ0n) is 10.5. The molecule has 0 aliphatic heterocycles. The van der Waals surface area contributed by atoms with Gasteiger partial charge in [0, 0.05) is 6.20 Å². The van der Waals surface area contributed by atoms with E-state index in [1.165, 1.54) is 23.9 Å². The summed E-state index contributed by atoms with van der Waals surface area (Å²) in [6.45, 7) is 3.89. The molecule has 1 N–H and O–H groups in total. The molecule has 0 saturated carbocycles. The van der Waals surface area contributed by atoms with Crippen molar-refractivity contribution in [3.8, 4) is 0 Å². The van der Waals surface area contributed by atoms with Crippen LogP contribution in [0.2, 0.25) is 5.02 Å². The second-order valence-electron chi connectivity index (χ2n) is 4.42. The Kier molecular flexibility index (Phi) is 4.78. The van der Waals surface area contributed by atoms with Gasteiger partial charge in [-0.1, -0.05) is 25.4 Å². The maximum absolute atomic E-state index is 11.8. The van der Waals surface area contributed by atoms with E-state index in [0.29, 0.717) is 6.42 Å². The summed E-state index contributed by atoms with van der Waals surface area (Å²) in [5, 5.41) is 9.37. The number of carboxylic acids is 1. The number of rotatable bonds is 5. The van der Waals surface area contributed by atoms with Gasteiger partial charge in [-0.3, -0.25) is 0 Å². The van der Waals surface area contributed by atoms with Crippen LogP contribution in [0.4, 0.5) is 0 Å². The molecule has 1 atom stereocenters. The highest BCUT2D eigenvalue weighted by Gasteiger charge is 2.26. The van der Waals surface area contributed by atoms with Crippen molar-refractivity contribution in [1.29, 1.82) is 0 Å². The van der Waals surface area contributed by atoms with Gasteiger partial charge >= 0.3 is 11.9 Å². The summed E-state index contributed by atoms with van der Waals surface area (Å²) >= 11 is 5.80. The molecule has 0 radical (unpaired) electrons. The van der Waals surface area contributed by atoms with Crippen molar-refractivity contribution in [3.63, 3.8) is 0 Å². The van der Waals surface area contributed by atoms with Crippen LogP contribution < -0.4 is 0 Å². The van der Waals surface area contributed by atoms with Crippen LogP contribution in [0.5, 0.6) is 0 Å². The third kappa shape index (κ3) is 3.26. The minimum atomic E-state index is -1.13. The molecule has 0 amide bonds. The minimum absolute atomic E-state index is 0.0175. The third-order valence-electron chi connectivity index (χ3n) is 2.54. The topological polar surface area (TPSA) is 68.5 Å². The quantitative estimate of drug-likeness (QED) is 0.837. The van der Waals surface area contributed by atoms with E-state index in [1.54, 1.807) is 0 Å². The second-order valence-corrected chi connectivity index (χ2v) is 4.86. The Balaban J connectivity index is 3.19. The van der Waals surface area contributed by atoms with E-state index in [1.807, 2.05) is 13.8 Å². The lowest BCUT2D eigenvalue weighted by Crippen LogP contribution is -2.24. The lowest BCUT2D eigenvalue weighted by molar-refractivity contribution is -0.145. The van der Waals surface area contributed by atoms with Gasteiger partial charge < -0.3 is 14.4 Å². The maximum atomic E-state index is 11.8. The van der Waals surface area contributed by atoms with Crippen molar-refractivity contribution in [3.05, 3.63) is 23.0 Å². The van der Waals surface area contributed by atoms with Gasteiger partial charge in [-0.15, -0.1) is 0 Å². The molecule has 0 saturated heterocycles. The molecule has 0 bridgehead atoms. The lowest BCUT2D eigenvalue weighted by Gasteiger charge is -2.19. The fraction of sp³-hybridized carbons (Fsp3) is 0.500. The van der Waals surface area contributed by atoms with Crippen molar-refractivity contribution in [2.75, 3.05) is 7.11 Å². The molecule has 0 aliphatic rings. The summed E-state index contributed by atoms with van der Waals surface area (Å²) in [5.41, 5.74) is -0.0175. The number of halogens is 1. The number of ether oxygens (including phenoxy) is 1. The second kappa shape index (κ2) is 5.91. The number of carbonyl (C=O) groups is 2. The molecule has 100 valence electrons. The van der Waals surface area contributed by atoms with Crippen molar-refractivity contribution in [1.82, 2.24) is 4.57 Å². The Morgan fingerprint density at radius 2 is 2.11 bits per heavy atom. The number of hydrogen-bond donors (Lipinski definition) is 1. The molecule has 0 spiro atoms. The average Bonchev–Trinajstić information content (AvgIpc) is 2.66. The summed E-state index contributed by atoms with van der Waals surface area (Å²) in [7, 11) is 1.28. The molecule has 1 unspecified atom stereocenters. The fourth-order valence-electron chi connectivity index (χ4n) is 1.78. The molecule has 1 heterocycles. The summed E-state index contributed by atoms with van der Waals surface area (Å²) < 4.78 is 6.07. The number of aromatic nitrogens is 1. The molecule has 1 aromatic rings. The molecule has 0 fully saturated rings. The third-order valence-corrected chi connectivity index (χ3v) is 2.74. The van der Waals surface area contributed by atoms with Crippen LogP contribution in [0.15, 0.2) is 12.3 Å². The minimum Gasteiger partial charge on any atom is -0.477 e. The number of carbonyl (C=O) groups excluding carboxylic acids is 1. The van der Waals surface area contributed by atoms with Crippen molar-refractivity contribution in [2.24, 2.45) is 5.92 Å². The normalized spacial score (nSPS) is 12.5.